The summed E-state index contributed by atoms with van der Waals surface area (Å²) in [7, 11) is 3.38. The molecule has 0 aromatic heterocycles. The van der Waals surface area contributed by atoms with Crippen molar-refractivity contribution in [3.8, 4) is 0 Å². The van der Waals surface area contributed by atoms with Gasteiger partial charge in [0.1, 0.15) is 24.4 Å². The largest absolute Gasteiger partial charge is 0.374 e. The first-order valence-corrected chi connectivity index (χ1v) is 15.3. The second-order valence-corrected chi connectivity index (χ2v) is 11.2. The second-order valence-electron chi connectivity index (χ2n) is 11.2. The van der Waals surface area contributed by atoms with Crippen molar-refractivity contribution in [2.24, 2.45) is 0 Å². The number of ether oxygens (including phenoxy) is 5. The molecule has 4 aromatic carbocycles. The van der Waals surface area contributed by atoms with Gasteiger partial charge in [-0.15, -0.1) is 0 Å². The highest BCUT2D eigenvalue weighted by Crippen LogP contribution is 2.30. The minimum Gasteiger partial charge on any atom is -0.374 e. The van der Waals surface area contributed by atoms with E-state index >= 15 is 0 Å². The van der Waals surface area contributed by atoms with Crippen LogP contribution in [0.25, 0.3) is 0 Å². The molecule has 1 N–H and O–H groups in total. The zero-order valence-corrected chi connectivity index (χ0v) is 25.9. The van der Waals surface area contributed by atoms with Gasteiger partial charge in [0, 0.05) is 14.1 Å². The maximum atomic E-state index is 13.0. The predicted octanol–water partition coefficient (Wildman–Crippen LogP) is 5.96. The molecule has 0 saturated carbocycles. The molecule has 0 aliphatic carbocycles. The molecule has 1 heterocycles. The third-order valence-corrected chi connectivity index (χ3v) is 7.56. The molecule has 0 spiro atoms. The quantitative estimate of drug-likeness (QED) is 0.190. The zero-order valence-electron chi connectivity index (χ0n) is 25.9. The van der Waals surface area contributed by atoms with Gasteiger partial charge in [0.05, 0.1) is 33.0 Å². The van der Waals surface area contributed by atoms with E-state index in [1.807, 2.05) is 121 Å². The lowest BCUT2D eigenvalue weighted by Crippen LogP contribution is -2.65. The summed E-state index contributed by atoms with van der Waals surface area (Å²) in [5.74, 6) is 0. The molecule has 45 heavy (non-hydrogen) atoms. The Hall–Kier alpha value is -4.05. The average molecular weight is 611 g/mol. The summed E-state index contributed by atoms with van der Waals surface area (Å²) in [6, 6.07) is 39.5. The fourth-order valence-corrected chi connectivity index (χ4v) is 5.16. The van der Waals surface area contributed by atoms with Crippen molar-refractivity contribution in [2.45, 2.75) is 57.1 Å². The van der Waals surface area contributed by atoms with Gasteiger partial charge >= 0.3 is 6.03 Å². The number of benzene rings is 4. The molecule has 236 valence electrons. The molecule has 1 fully saturated rings. The van der Waals surface area contributed by atoms with E-state index in [1.54, 1.807) is 14.1 Å². The van der Waals surface area contributed by atoms with Crippen LogP contribution in [-0.2, 0) is 50.1 Å². The van der Waals surface area contributed by atoms with E-state index in [0.29, 0.717) is 26.4 Å². The zero-order chi connectivity index (χ0) is 31.3. The van der Waals surface area contributed by atoms with Crippen LogP contribution in [0.3, 0.4) is 0 Å². The van der Waals surface area contributed by atoms with Crippen molar-refractivity contribution < 1.29 is 28.5 Å². The summed E-state index contributed by atoms with van der Waals surface area (Å²) >= 11 is 0. The van der Waals surface area contributed by atoms with Gasteiger partial charge in [0.15, 0.2) is 6.23 Å². The summed E-state index contributed by atoms with van der Waals surface area (Å²) < 4.78 is 32.7. The summed E-state index contributed by atoms with van der Waals surface area (Å²) in [4.78, 5) is 14.5. The van der Waals surface area contributed by atoms with E-state index in [9.17, 15) is 4.79 Å². The van der Waals surface area contributed by atoms with Crippen molar-refractivity contribution in [1.29, 1.82) is 0 Å². The smallest absolute Gasteiger partial charge is 0.318 e. The van der Waals surface area contributed by atoms with Gasteiger partial charge in [-0.3, -0.25) is 0 Å². The normalized spacial score (nSPS) is 21.2. The van der Waals surface area contributed by atoms with Crippen LogP contribution in [0.5, 0.6) is 0 Å². The monoisotopic (exact) mass is 610 g/mol. The predicted molar refractivity (Wildman–Crippen MR) is 172 cm³/mol. The molecule has 5 rings (SSSR count). The lowest BCUT2D eigenvalue weighted by Gasteiger charge is -2.46. The van der Waals surface area contributed by atoms with Crippen LogP contribution in [0.1, 0.15) is 22.3 Å². The Morgan fingerprint density at radius 2 is 1.00 bits per heavy atom. The van der Waals surface area contributed by atoms with Crippen LogP contribution in [0.4, 0.5) is 4.79 Å². The van der Waals surface area contributed by atoms with E-state index in [-0.39, 0.29) is 12.6 Å². The molecule has 4 aromatic rings. The number of hydrogen-bond acceptors (Lipinski definition) is 6. The first kappa shape index (κ1) is 32.3. The summed E-state index contributed by atoms with van der Waals surface area (Å²) in [6.45, 7) is 1.60. The Morgan fingerprint density at radius 3 is 1.44 bits per heavy atom. The van der Waals surface area contributed by atoms with Crippen LogP contribution in [0.15, 0.2) is 121 Å². The minimum absolute atomic E-state index is 0.222. The second kappa shape index (κ2) is 16.9. The summed E-state index contributed by atoms with van der Waals surface area (Å²) in [5, 5.41) is 3.01. The van der Waals surface area contributed by atoms with Crippen LogP contribution >= 0.6 is 0 Å². The molecular weight excluding hydrogens is 568 g/mol. The molecule has 1 aliphatic heterocycles. The molecule has 2 amide bonds. The van der Waals surface area contributed by atoms with E-state index in [4.69, 9.17) is 23.7 Å². The highest BCUT2D eigenvalue weighted by atomic mass is 16.6. The molecule has 8 heteroatoms. The highest BCUT2D eigenvalue weighted by Gasteiger charge is 2.49. The molecule has 0 unspecified atom stereocenters. The first-order chi connectivity index (χ1) is 22.1. The third kappa shape index (κ3) is 9.72. The van der Waals surface area contributed by atoms with E-state index in [1.165, 1.54) is 4.90 Å². The van der Waals surface area contributed by atoms with Gasteiger partial charge in [0.25, 0.3) is 0 Å². The molecular formula is C37H42N2O6. The topological polar surface area (TPSA) is 78.5 Å². The maximum absolute atomic E-state index is 13.0. The summed E-state index contributed by atoms with van der Waals surface area (Å²) in [6.07, 6.45) is -3.26. The number of nitrogens with one attached hydrogen (secondary N) is 1. The van der Waals surface area contributed by atoms with Crippen molar-refractivity contribution in [3.05, 3.63) is 144 Å². The van der Waals surface area contributed by atoms with Crippen molar-refractivity contribution in [2.75, 3.05) is 20.7 Å². The van der Waals surface area contributed by atoms with E-state index < -0.39 is 30.6 Å². The van der Waals surface area contributed by atoms with Gasteiger partial charge in [-0.1, -0.05) is 121 Å². The number of carbonyl (C=O) groups excluding carboxylic acids is 1. The molecule has 8 nitrogen and oxygen atoms in total. The van der Waals surface area contributed by atoms with E-state index in [0.717, 1.165) is 22.3 Å². The van der Waals surface area contributed by atoms with Crippen LogP contribution in [0, 0.1) is 0 Å². The lowest BCUT2D eigenvalue weighted by atomic mass is 9.97. The number of amides is 2. The van der Waals surface area contributed by atoms with Crippen LogP contribution in [-0.4, -0.2) is 62.3 Å². The molecule has 5 atom stereocenters. The van der Waals surface area contributed by atoms with Crippen molar-refractivity contribution in [1.82, 2.24) is 10.2 Å². The Bertz CT molecular complexity index is 1410. The van der Waals surface area contributed by atoms with Crippen LogP contribution < -0.4 is 5.32 Å². The Morgan fingerprint density at radius 1 is 0.600 bits per heavy atom. The number of rotatable bonds is 14. The number of carbonyl (C=O) groups is 1. The van der Waals surface area contributed by atoms with E-state index in [2.05, 4.69) is 5.32 Å². The molecule has 1 aliphatic rings. The van der Waals surface area contributed by atoms with Gasteiger partial charge in [-0.25, -0.2) is 4.79 Å². The molecule has 0 bridgehead atoms. The lowest BCUT2D eigenvalue weighted by molar-refractivity contribution is -0.276. The Balaban J connectivity index is 1.45. The third-order valence-electron chi connectivity index (χ3n) is 7.56. The number of hydrogen-bond donors (Lipinski definition) is 1. The Kier molecular flexibility index (Phi) is 12.1. The molecule has 0 radical (unpaired) electrons. The van der Waals surface area contributed by atoms with Gasteiger partial charge in [-0.2, -0.15) is 0 Å². The average Bonchev–Trinajstić information content (AvgIpc) is 3.08. The number of urea groups is 1. The van der Waals surface area contributed by atoms with Crippen molar-refractivity contribution in [3.63, 3.8) is 0 Å². The highest BCUT2D eigenvalue weighted by molar-refractivity contribution is 5.73. The summed E-state index contributed by atoms with van der Waals surface area (Å²) in [5.41, 5.74) is 4.08. The number of nitrogens with zero attached hydrogens (tertiary/aromatic N) is 1. The van der Waals surface area contributed by atoms with Gasteiger partial charge in [0.2, 0.25) is 0 Å². The van der Waals surface area contributed by atoms with Crippen molar-refractivity contribution >= 4 is 6.03 Å². The van der Waals surface area contributed by atoms with Crippen LogP contribution in [0.2, 0.25) is 0 Å². The molecule has 1 saturated heterocycles. The van der Waals surface area contributed by atoms with Gasteiger partial charge in [-0.05, 0) is 22.3 Å². The minimum atomic E-state index is -0.828. The Labute approximate surface area is 265 Å². The standard InChI is InChI=1S/C37H42N2O6/c1-39(2)37(40)38-36-35(44-26-31-21-13-6-14-22-31)34(43-25-30-19-11-5-12-20-30)33(42-24-29-17-9-4-10-18-29)32(45-36)27-41-23-28-15-7-3-8-16-28/h3-22,32-36H,23-27H2,1-2H3,(H,38,40)/t32-,33-,34+,35-,36+/m1/s1. The SMILES string of the molecule is CN(C)C(=O)N[C@H]1O[C@H](COCc2ccccc2)[C@@H](OCc2ccccc2)[C@H](OCc2ccccc2)[C@H]1OCc1ccccc1. The van der Waals surface area contributed by atoms with Gasteiger partial charge < -0.3 is 33.9 Å². The fraction of sp³-hybridized carbons (Fsp3) is 0.324. The first-order valence-electron chi connectivity index (χ1n) is 15.3. The maximum Gasteiger partial charge on any atom is 0.318 e. The fourth-order valence-electron chi connectivity index (χ4n) is 5.16.